The molecule has 0 aliphatic carbocycles. The van der Waals surface area contributed by atoms with E-state index in [9.17, 15) is 83.1 Å². The Morgan fingerprint density at radius 2 is 0.939 bits per heavy atom. The fourth-order valence-electron chi connectivity index (χ4n) is 1.24. The highest BCUT2D eigenvalue weighted by Gasteiger charge is 2.85. The minimum absolute atomic E-state index is 1.32. The summed E-state index contributed by atoms with van der Waals surface area (Å²) in [5, 5.41) is 0. The van der Waals surface area contributed by atoms with Gasteiger partial charge in [-0.3, -0.25) is 14.0 Å². The zero-order chi connectivity index (χ0) is 27.3. The van der Waals surface area contributed by atoms with Crippen LogP contribution in [0.2, 0.25) is 0 Å². The normalized spacial score (nSPS) is 18.4. The van der Waals surface area contributed by atoms with Gasteiger partial charge in [0.05, 0.1) is 0 Å². The Bertz CT molecular complexity index is 857. The van der Waals surface area contributed by atoms with E-state index in [2.05, 4.69) is 0 Å². The van der Waals surface area contributed by atoms with Crippen molar-refractivity contribution in [2.24, 2.45) is 0 Å². The first-order valence-electron chi connectivity index (χ1n) is 6.41. The van der Waals surface area contributed by atoms with Gasteiger partial charge in [0, 0.05) is 0 Å². The quantitative estimate of drug-likeness (QED) is 0.239. The van der Waals surface area contributed by atoms with Crippen LogP contribution in [0.25, 0.3) is 0 Å². The van der Waals surface area contributed by atoms with Gasteiger partial charge >= 0.3 is 63.9 Å². The number of rotatable bonds is 9. The smallest absolute Gasteiger partial charge is 0.398 e. The molecule has 0 heterocycles. The van der Waals surface area contributed by atoms with Crippen LogP contribution in [0.4, 0.5) is 74.6 Å². The summed E-state index contributed by atoms with van der Waals surface area (Å²) in [6.45, 7) is 0. The molecular formula is C9HF17O6S. The van der Waals surface area contributed by atoms with Crippen molar-refractivity contribution in [3.05, 3.63) is 12.1 Å². The van der Waals surface area contributed by atoms with E-state index in [1.807, 2.05) is 0 Å². The van der Waals surface area contributed by atoms with Crippen LogP contribution in [0.15, 0.2) is 12.1 Å². The van der Waals surface area contributed by atoms with Crippen molar-refractivity contribution in [2.75, 3.05) is 0 Å². The number of hydrogen-bond donors (Lipinski definition) is 1. The van der Waals surface area contributed by atoms with Crippen LogP contribution in [0.3, 0.4) is 0 Å². The fourth-order valence-corrected chi connectivity index (χ4v) is 1.46. The van der Waals surface area contributed by atoms with E-state index < -0.39 is 63.9 Å². The van der Waals surface area contributed by atoms with E-state index in [1.54, 1.807) is 4.74 Å². The fraction of sp³-hybridized carbons (Fsp3) is 0.778. The van der Waals surface area contributed by atoms with Gasteiger partial charge in [0.25, 0.3) is 0 Å². The first-order valence-corrected chi connectivity index (χ1v) is 7.85. The number of ether oxygens (including phenoxy) is 3. The SMILES string of the molecule is O=S(=O)(O)C(F)(F)OC(F)(C(F)(F)F)C(F)(F)OC(F)(C(F)(F)F)C(F)(F)OC(F)=C(F)F. The molecule has 0 amide bonds. The van der Waals surface area contributed by atoms with Gasteiger partial charge in [-0.05, 0) is 0 Å². The molecular weight excluding hydrogens is 559 g/mol. The highest BCUT2D eigenvalue weighted by atomic mass is 32.2. The van der Waals surface area contributed by atoms with E-state index >= 15 is 0 Å². The van der Waals surface area contributed by atoms with Gasteiger partial charge in [0.2, 0.25) is 0 Å². The third-order valence-corrected chi connectivity index (χ3v) is 3.36. The van der Waals surface area contributed by atoms with E-state index in [-0.39, 0.29) is 0 Å². The van der Waals surface area contributed by atoms with Gasteiger partial charge in [-0.1, -0.05) is 0 Å². The molecule has 0 saturated carbocycles. The summed E-state index contributed by atoms with van der Waals surface area (Å²) in [7, 11) is -7.49. The lowest BCUT2D eigenvalue weighted by atomic mass is 10.2. The minimum Gasteiger partial charge on any atom is -0.398 e. The second kappa shape index (κ2) is 8.44. The largest absolute Gasteiger partial charge is 0.491 e. The van der Waals surface area contributed by atoms with Gasteiger partial charge in [-0.2, -0.15) is 83.1 Å². The van der Waals surface area contributed by atoms with Crippen molar-refractivity contribution >= 4 is 10.1 Å². The first kappa shape index (κ1) is 31.2. The second-order valence-electron chi connectivity index (χ2n) is 5.00. The lowest BCUT2D eigenvalue weighted by Gasteiger charge is -2.40. The van der Waals surface area contributed by atoms with E-state index in [1.165, 1.54) is 9.47 Å². The maximum Gasteiger partial charge on any atom is 0.491 e. The van der Waals surface area contributed by atoms with Crippen LogP contribution in [0, 0.1) is 0 Å². The molecule has 0 aliphatic heterocycles. The highest BCUT2D eigenvalue weighted by molar-refractivity contribution is 7.86. The van der Waals surface area contributed by atoms with Gasteiger partial charge in [0.15, 0.2) is 0 Å². The third kappa shape index (κ3) is 5.82. The van der Waals surface area contributed by atoms with Crippen molar-refractivity contribution in [2.45, 2.75) is 41.7 Å². The lowest BCUT2D eigenvalue weighted by Crippen LogP contribution is -2.68. The highest BCUT2D eigenvalue weighted by Crippen LogP contribution is 2.56. The second-order valence-corrected chi connectivity index (χ2v) is 6.42. The standard InChI is InChI=1S/C9HF17O6S/c10-1(11)2(12)30-7(21,22)3(13,5(15,16)17)31-8(23,24)4(14,6(18,19)20)32-9(25,26)33(27,28)29/h(H,27,28,29). The molecule has 0 spiro atoms. The average Bonchev–Trinajstić information content (AvgIpc) is 2.49. The van der Waals surface area contributed by atoms with Crippen molar-refractivity contribution in [1.82, 2.24) is 0 Å². The number of alkyl halides is 14. The van der Waals surface area contributed by atoms with Crippen LogP contribution in [-0.2, 0) is 24.3 Å². The summed E-state index contributed by atoms with van der Waals surface area (Å²) >= 11 is 0. The molecule has 2 atom stereocenters. The molecule has 0 aromatic heterocycles. The zero-order valence-corrected chi connectivity index (χ0v) is 14.6. The van der Waals surface area contributed by atoms with Crippen molar-refractivity contribution in [1.29, 1.82) is 0 Å². The van der Waals surface area contributed by atoms with Gasteiger partial charge in [-0.15, -0.1) is 0 Å². The Kier molecular flexibility index (Phi) is 7.97. The summed E-state index contributed by atoms with van der Waals surface area (Å²) < 4.78 is 250. The maximum absolute atomic E-state index is 13.7. The molecule has 1 N–H and O–H groups in total. The molecule has 0 aliphatic rings. The Morgan fingerprint density at radius 1 is 0.606 bits per heavy atom. The Morgan fingerprint density at radius 3 is 1.21 bits per heavy atom. The predicted molar refractivity (Wildman–Crippen MR) is 59.8 cm³/mol. The van der Waals surface area contributed by atoms with Crippen LogP contribution in [-0.4, -0.2) is 54.7 Å². The lowest BCUT2D eigenvalue weighted by molar-refractivity contribution is -0.553. The Labute approximate surface area is 167 Å². The van der Waals surface area contributed by atoms with Crippen LogP contribution < -0.4 is 0 Å². The maximum atomic E-state index is 13.7. The number of halogens is 17. The summed E-state index contributed by atoms with van der Waals surface area (Å²) in [6.07, 6.45) is -35.7. The monoisotopic (exact) mass is 560 g/mol. The molecule has 0 radical (unpaired) electrons. The molecule has 0 rings (SSSR count). The Balaban J connectivity index is 6.89. The van der Waals surface area contributed by atoms with Gasteiger partial charge in [0.1, 0.15) is 0 Å². The van der Waals surface area contributed by atoms with Crippen molar-refractivity contribution in [3.8, 4) is 0 Å². The van der Waals surface area contributed by atoms with Gasteiger partial charge < -0.3 is 4.74 Å². The summed E-state index contributed by atoms with van der Waals surface area (Å²) in [4.78, 5) is 0. The molecule has 2 unspecified atom stereocenters. The minimum atomic E-state index is -8.16. The van der Waals surface area contributed by atoms with E-state index in [0.29, 0.717) is 0 Å². The molecule has 6 nitrogen and oxygen atoms in total. The molecule has 0 aromatic carbocycles. The van der Waals surface area contributed by atoms with E-state index in [0.717, 1.165) is 0 Å². The zero-order valence-electron chi connectivity index (χ0n) is 13.8. The molecule has 0 saturated heterocycles. The number of hydrogen-bond acceptors (Lipinski definition) is 5. The summed E-state index contributed by atoms with van der Waals surface area (Å²) in [5.41, 5.74) is -7.16. The molecule has 33 heavy (non-hydrogen) atoms. The van der Waals surface area contributed by atoms with Crippen molar-refractivity contribution < 1.29 is 102 Å². The summed E-state index contributed by atoms with van der Waals surface area (Å²) in [5.74, 6) is -16.0. The molecule has 24 heteroatoms. The van der Waals surface area contributed by atoms with Crippen molar-refractivity contribution in [3.63, 3.8) is 0 Å². The molecule has 0 fully saturated rings. The molecule has 0 aromatic rings. The topological polar surface area (TPSA) is 82.1 Å². The van der Waals surface area contributed by atoms with Crippen LogP contribution in [0.5, 0.6) is 0 Å². The van der Waals surface area contributed by atoms with Crippen LogP contribution in [0.1, 0.15) is 0 Å². The molecule has 198 valence electrons. The molecule has 0 bridgehead atoms. The van der Waals surface area contributed by atoms with Crippen LogP contribution >= 0.6 is 0 Å². The first-order chi connectivity index (χ1) is 14.0. The Hall–Kier alpha value is -1.82. The van der Waals surface area contributed by atoms with E-state index in [4.69, 9.17) is 4.55 Å². The predicted octanol–water partition coefficient (Wildman–Crippen LogP) is 5.15. The third-order valence-electron chi connectivity index (χ3n) is 2.67. The van der Waals surface area contributed by atoms with Gasteiger partial charge in [-0.25, -0.2) is 0 Å². The summed E-state index contributed by atoms with van der Waals surface area (Å²) in [6, 6.07) is -4.17. The average molecular weight is 560 g/mol.